The SMILES string of the molecule is COC(=O)CCc1cc(CC(=O)O)ccc1Oc1ccc(NC(=O)c2ccc(Cl)c(Cl)c2)cc1. The molecule has 0 saturated heterocycles. The zero-order valence-electron chi connectivity index (χ0n) is 18.1. The fraction of sp³-hybridized carbons (Fsp3) is 0.160. The monoisotopic (exact) mass is 501 g/mol. The van der Waals surface area contributed by atoms with Crippen LogP contribution in [0, 0.1) is 0 Å². The molecular weight excluding hydrogens is 481 g/mol. The Morgan fingerprint density at radius 2 is 1.68 bits per heavy atom. The Labute approximate surface area is 206 Å². The lowest BCUT2D eigenvalue weighted by Crippen LogP contribution is -2.11. The number of anilines is 1. The predicted octanol–water partition coefficient (Wildman–Crippen LogP) is 5.77. The molecule has 0 aliphatic rings. The second-order valence-electron chi connectivity index (χ2n) is 7.30. The van der Waals surface area contributed by atoms with Crippen LogP contribution in [0.4, 0.5) is 5.69 Å². The van der Waals surface area contributed by atoms with Crippen molar-refractivity contribution in [3.63, 3.8) is 0 Å². The highest BCUT2D eigenvalue weighted by Crippen LogP contribution is 2.29. The number of benzene rings is 3. The Kier molecular flexibility index (Phi) is 8.51. The number of hydrogen-bond acceptors (Lipinski definition) is 5. The van der Waals surface area contributed by atoms with Gasteiger partial charge in [-0.05, 0) is 66.1 Å². The van der Waals surface area contributed by atoms with Crippen molar-refractivity contribution in [3.8, 4) is 11.5 Å². The number of methoxy groups -OCH3 is 1. The third kappa shape index (κ3) is 6.97. The molecule has 0 saturated carbocycles. The predicted molar refractivity (Wildman–Crippen MR) is 129 cm³/mol. The van der Waals surface area contributed by atoms with Crippen molar-refractivity contribution in [2.75, 3.05) is 12.4 Å². The van der Waals surface area contributed by atoms with E-state index in [-0.39, 0.29) is 29.7 Å². The van der Waals surface area contributed by atoms with Gasteiger partial charge >= 0.3 is 11.9 Å². The minimum absolute atomic E-state index is 0.128. The average molecular weight is 502 g/mol. The molecule has 0 aromatic heterocycles. The molecule has 0 heterocycles. The number of carbonyl (C=O) groups is 3. The first-order chi connectivity index (χ1) is 16.2. The average Bonchev–Trinajstić information content (AvgIpc) is 2.81. The number of ether oxygens (including phenoxy) is 2. The first-order valence-corrected chi connectivity index (χ1v) is 11.0. The van der Waals surface area contributed by atoms with Gasteiger partial charge in [0.2, 0.25) is 0 Å². The van der Waals surface area contributed by atoms with E-state index in [4.69, 9.17) is 37.8 Å². The lowest BCUT2D eigenvalue weighted by molar-refractivity contribution is -0.140. The number of rotatable bonds is 9. The van der Waals surface area contributed by atoms with Crippen LogP contribution in [0.1, 0.15) is 27.9 Å². The zero-order valence-corrected chi connectivity index (χ0v) is 19.7. The lowest BCUT2D eigenvalue weighted by atomic mass is 10.0. The smallest absolute Gasteiger partial charge is 0.307 e. The summed E-state index contributed by atoms with van der Waals surface area (Å²) in [6.07, 6.45) is 0.315. The minimum atomic E-state index is -0.953. The lowest BCUT2D eigenvalue weighted by Gasteiger charge is -2.13. The van der Waals surface area contributed by atoms with Crippen molar-refractivity contribution < 1.29 is 29.0 Å². The molecule has 3 aromatic carbocycles. The fourth-order valence-corrected chi connectivity index (χ4v) is 3.42. The van der Waals surface area contributed by atoms with E-state index in [9.17, 15) is 14.4 Å². The Balaban J connectivity index is 1.73. The molecule has 0 aliphatic heterocycles. The van der Waals surface area contributed by atoms with Crippen LogP contribution in [0.15, 0.2) is 60.7 Å². The summed E-state index contributed by atoms with van der Waals surface area (Å²) < 4.78 is 10.7. The summed E-state index contributed by atoms with van der Waals surface area (Å²) in [6, 6.07) is 16.4. The van der Waals surface area contributed by atoms with Crippen LogP contribution in [0.3, 0.4) is 0 Å². The fourth-order valence-electron chi connectivity index (χ4n) is 3.13. The van der Waals surface area contributed by atoms with Gasteiger partial charge in [-0.25, -0.2) is 0 Å². The van der Waals surface area contributed by atoms with E-state index in [0.29, 0.717) is 45.3 Å². The Hall–Kier alpha value is -3.55. The Morgan fingerprint density at radius 3 is 2.32 bits per heavy atom. The molecule has 0 aliphatic carbocycles. The first-order valence-electron chi connectivity index (χ1n) is 10.2. The van der Waals surface area contributed by atoms with Crippen molar-refractivity contribution in [1.82, 2.24) is 0 Å². The molecule has 7 nitrogen and oxygen atoms in total. The second kappa shape index (κ2) is 11.5. The summed E-state index contributed by atoms with van der Waals surface area (Å²) >= 11 is 11.9. The number of carboxylic acid groups (broad SMARTS) is 1. The molecule has 3 rings (SSSR count). The van der Waals surface area contributed by atoms with E-state index in [1.807, 2.05) is 0 Å². The van der Waals surface area contributed by atoms with Gasteiger partial charge in [-0.3, -0.25) is 14.4 Å². The molecule has 176 valence electrons. The van der Waals surface area contributed by atoms with Gasteiger partial charge in [-0.2, -0.15) is 0 Å². The number of esters is 1. The highest BCUT2D eigenvalue weighted by atomic mass is 35.5. The largest absolute Gasteiger partial charge is 0.481 e. The maximum Gasteiger partial charge on any atom is 0.307 e. The van der Waals surface area contributed by atoms with Crippen molar-refractivity contribution >= 4 is 46.7 Å². The quantitative estimate of drug-likeness (QED) is 0.360. The molecule has 1 amide bonds. The number of aliphatic carboxylic acids is 1. The molecule has 0 radical (unpaired) electrons. The topological polar surface area (TPSA) is 102 Å². The number of halogens is 2. The molecule has 2 N–H and O–H groups in total. The molecule has 0 unspecified atom stereocenters. The molecule has 9 heteroatoms. The number of amides is 1. The van der Waals surface area contributed by atoms with Crippen LogP contribution in [-0.4, -0.2) is 30.1 Å². The number of nitrogens with one attached hydrogen (secondary N) is 1. The maximum atomic E-state index is 12.4. The van der Waals surface area contributed by atoms with Crippen LogP contribution in [-0.2, 0) is 27.2 Å². The molecule has 0 bridgehead atoms. The van der Waals surface area contributed by atoms with E-state index >= 15 is 0 Å². The Morgan fingerprint density at radius 1 is 0.941 bits per heavy atom. The van der Waals surface area contributed by atoms with Gasteiger partial charge < -0.3 is 19.9 Å². The van der Waals surface area contributed by atoms with Gasteiger partial charge in [0.1, 0.15) is 11.5 Å². The normalized spacial score (nSPS) is 10.4. The van der Waals surface area contributed by atoms with Crippen molar-refractivity contribution in [2.45, 2.75) is 19.3 Å². The molecule has 0 spiro atoms. The number of carbonyl (C=O) groups excluding carboxylic acids is 2. The summed E-state index contributed by atoms with van der Waals surface area (Å²) in [5, 5.41) is 12.5. The number of aryl methyl sites for hydroxylation is 1. The molecule has 0 fully saturated rings. The first kappa shape index (κ1) is 25.1. The van der Waals surface area contributed by atoms with E-state index in [2.05, 4.69) is 5.32 Å². The molecule has 34 heavy (non-hydrogen) atoms. The highest BCUT2D eigenvalue weighted by Gasteiger charge is 2.12. The summed E-state index contributed by atoms with van der Waals surface area (Å²) in [6.45, 7) is 0. The van der Waals surface area contributed by atoms with Gasteiger partial charge in [0.25, 0.3) is 5.91 Å². The zero-order chi connectivity index (χ0) is 24.7. The second-order valence-corrected chi connectivity index (χ2v) is 8.11. The number of carboxylic acids is 1. The van der Waals surface area contributed by atoms with E-state index < -0.39 is 5.97 Å². The van der Waals surface area contributed by atoms with E-state index in [1.54, 1.807) is 54.6 Å². The van der Waals surface area contributed by atoms with Crippen LogP contribution in [0.25, 0.3) is 0 Å². The van der Waals surface area contributed by atoms with Crippen LogP contribution in [0.5, 0.6) is 11.5 Å². The standard InChI is InChI=1S/C25H21Cl2NO6/c1-33-24(31)11-4-16-12-15(13-23(29)30)2-10-22(16)34-19-7-5-18(6-8-19)28-25(32)17-3-9-20(26)21(27)14-17/h2-3,5-10,12,14H,4,11,13H2,1H3,(H,28,32)(H,29,30). The van der Waals surface area contributed by atoms with Crippen molar-refractivity contribution in [2.24, 2.45) is 0 Å². The van der Waals surface area contributed by atoms with E-state index in [1.165, 1.54) is 13.2 Å². The number of hydrogen-bond donors (Lipinski definition) is 2. The summed E-state index contributed by atoms with van der Waals surface area (Å²) in [5.74, 6) is -0.683. The van der Waals surface area contributed by atoms with Crippen LogP contribution < -0.4 is 10.1 Å². The summed E-state index contributed by atoms with van der Waals surface area (Å²) in [7, 11) is 1.31. The third-order valence-corrected chi connectivity index (χ3v) is 5.57. The summed E-state index contributed by atoms with van der Waals surface area (Å²) in [5.41, 5.74) is 2.19. The summed E-state index contributed by atoms with van der Waals surface area (Å²) in [4.78, 5) is 35.1. The van der Waals surface area contributed by atoms with Gasteiger partial charge in [0.05, 0.1) is 23.6 Å². The molecule has 3 aromatic rings. The Bertz CT molecular complexity index is 1210. The highest BCUT2D eigenvalue weighted by molar-refractivity contribution is 6.42. The van der Waals surface area contributed by atoms with Crippen LogP contribution >= 0.6 is 23.2 Å². The van der Waals surface area contributed by atoms with Gasteiger partial charge in [-0.1, -0.05) is 35.3 Å². The van der Waals surface area contributed by atoms with Gasteiger partial charge in [0, 0.05) is 17.7 Å². The van der Waals surface area contributed by atoms with Gasteiger partial charge in [-0.15, -0.1) is 0 Å². The third-order valence-electron chi connectivity index (χ3n) is 4.83. The van der Waals surface area contributed by atoms with Crippen molar-refractivity contribution in [1.29, 1.82) is 0 Å². The van der Waals surface area contributed by atoms with Crippen LogP contribution in [0.2, 0.25) is 10.0 Å². The minimum Gasteiger partial charge on any atom is -0.481 e. The maximum absolute atomic E-state index is 12.4. The molecular formula is C25H21Cl2NO6. The van der Waals surface area contributed by atoms with E-state index in [0.717, 1.165) is 0 Å². The van der Waals surface area contributed by atoms with Gasteiger partial charge in [0.15, 0.2) is 0 Å². The van der Waals surface area contributed by atoms with Crippen molar-refractivity contribution in [3.05, 3.63) is 87.4 Å². The molecule has 0 atom stereocenters.